The van der Waals surface area contributed by atoms with E-state index in [0.717, 1.165) is 43.2 Å². The van der Waals surface area contributed by atoms with Crippen LogP contribution < -0.4 is 9.64 Å². The van der Waals surface area contributed by atoms with E-state index in [1.807, 2.05) is 0 Å². The number of carbonyl (C=O) groups excluding carboxylic acids is 1. The minimum absolute atomic E-state index is 0.0455. The monoisotopic (exact) mass is 554 g/mol. The lowest BCUT2D eigenvalue weighted by molar-refractivity contribution is -0.182. The van der Waals surface area contributed by atoms with Crippen molar-refractivity contribution in [2.45, 2.75) is 57.2 Å². The summed E-state index contributed by atoms with van der Waals surface area (Å²) in [4.78, 5) is 24.1. The molecule has 0 N–H and O–H groups in total. The van der Waals surface area contributed by atoms with Crippen LogP contribution in [0.3, 0.4) is 0 Å². The lowest BCUT2D eigenvalue weighted by Gasteiger charge is -2.32. The number of nitrogens with zero attached hydrogens (tertiary/aromatic N) is 4. The Kier molecular flexibility index (Phi) is 7.98. The maximum atomic E-state index is 14.6. The Labute approximate surface area is 224 Å². The van der Waals surface area contributed by atoms with Crippen molar-refractivity contribution in [2.75, 3.05) is 31.1 Å². The molecule has 0 radical (unpaired) electrons. The van der Waals surface area contributed by atoms with E-state index >= 15 is 0 Å². The van der Waals surface area contributed by atoms with Gasteiger partial charge in [0.2, 0.25) is 11.9 Å². The maximum absolute atomic E-state index is 14.6. The summed E-state index contributed by atoms with van der Waals surface area (Å²) in [6.07, 6.45) is 2.82. The van der Waals surface area contributed by atoms with E-state index in [2.05, 4.69) is 14.9 Å². The number of halogens is 5. The van der Waals surface area contributed by atoms with Crippen molar-refractivity contribution < 1.29 is 27.1 Å². The Morgan fingerprint density at radius 3 is 2.53 bits per heavy atom. The smallest absolute Gasteiger partial charge is 0.408 e. The first-order valence-electron chi connectivity index (χ1n) is 13.2. The quantitative estimate of drug-likeness (QED) is 0.393. The number of hydrogen-bond donors (Lipinski definition) is 0. The summed E-state index contributed by atoms with van der Waals surface area (Å²) in [7, 11) is 0. The number of hydrogen-bond acceptors (Lipinski definition) is 5. The number of benzene rings is 1. The Hall–Kier alpha value is -2.62. The van der Waals surface area contributed by atoms with Gasteiger partial charge >= 0.3 is 6.18 Å². The van der Waals surface area contributed by atoms with Crippen molar-refractivity contribution in [2.24, 2.45) is 17.8 Å². The standard InChI is InChI=1S/C27H31ClF4N4O2/c28-20-15-33-26(34-16-20)35-9-5-17(6-10-35)22-12-18(22)7-11-38-21-4-3-19(23(29)14-21)13-25(37)36-8-1-2-24(36)27(30,31)32/h3-4,14-18,22,24H,1-2,5-13H2/t18?,22-,24-/m1/s1. The molecule has 1 aliphatic carbocycles. The molecule has 5 rings (SSSR count). The number of aromatic nitrogens is 2. The van der Waals surface area contributed by atoms with E-state index in [0.29, 0.717) is 41.6 Å². The zero-order chi connectivity index (χ0) is 26.9. The average Bonchev–Trinajstić information content (AvgIpc) is 3.46. The van der Waals surface area contributed by atoms with Crippen LogP contribution in [-0.2, 0) is 11.2 Å². The Morgan fingerprint density at radius 1 is 1.11 bits per heavy atom. The number of carbonyl (C=O) groups is 1. The van der Waals surface area contributed by atoms with Crippen molar-refractivity contribution >= 4 is 23.5 Å². The summed E-state index contributed by atoms with van der Waals surface area (Å²) in [5.41, 5.74) is 0.0766. The van der Waals surface area contributed by atoms with Crippen LogP contribution in [-0.4, -0.2) is 59.2 Å². The normalized spacial score (nSPS) is 24.1. The summed E-state index contributed by atoms with van der Waals surface area (Å²) in [6.45, 7) is 2.37. The molecule has 3 aliphatic rings. The fraction of sp³-hybridized carbons (Fsp3) is 0.593. The van der Waals surface area contributed by atoms with Gasteiger partial charge in [0.25, 0.3) is 0 Å². The van der Waals surface area contributed by atoms with Crippen LogP contribution in [0, 0.1) is 23.6 Å². The van der Waals surface area contributed by atoms with Gasteiger partial charge in [0.05, 0.1) is 30.4 Å². The van der Waals surface area contributed by atoms with Gasteiger partial charge in [-0.2, -0.15) is 13.2 Å². The number of piperidine rings is 1. The minimum Gasteiger partial charge on any atom is -0.493 e. The van der Waals surface area contributed by atoms with Gasteiger partial charge in [0.15, 0.2) is 0 Å². The van der Waals surface area contributed by atoms with Gasteiger partial charge in [-0.3, -0.25) is 4.79 Å². The molecule has 1 unspecified atom stereocenters. The molecule has 3 fully saturated rings. The second kappa shape index (κ2) is 11.2. The molecule has 6 nitrogen and oxygen atoms in total. The molecule has 38 heavy (non-hydrogen) atoms. The molecule has 1 aromatic heterocycles. The van der Waals surface area contributed by atoms with Crippen molar-refractivity contribution in [3.8, 4) is 5.75 Å². The maximum Gasteiger partial charge on any atom is 0.408 e. The topological polar surface area (TPSA) is 58.6 Å². The van der Waals surface area contributed by atoms with Crippen LogP contribution in [0.2, 0.25) is 5.02 Å². The molecule has 1 amide bonds. The number of likely N-dealkylation sites (tertiary alicyclic amines) is 1. The summed E-state index contributed by atoms with van der Waals surface area (Å²) >= 11 is 5.87. The fourth-order valence-corrected chi connectivity index (χ4v) is 6.03. The molecule has 1 aromatic carbocycles. The van der Waals surface area contributed by atoms with E-state index in [4.69, 9.17) is 16.3 Å². The van der Waals surface area contributed by atoms with Crippen LogP contribution in [0.4, 0.5) is 23.5 Å². The predicted molar refractivity (Wildman–Crippen MR) is 135 cm³/mol. The first-order chi connectivity index (χ1) is 18.2. The van der Waals surface area contributed by atoms with Crippen LogP contribution in [0.5, 0.6) is 5.75 Å². The third kappa shape index (κ3) is 6.33. The molecular weight excluding hydrogens is 524 g/mol. The van der Waals surface area contributed by atoms with E-state index in [1.54, 1.807) is 18.5 Å². The Bertz CT molecular complexity index is 1130. The number of anilines is 1. The number of ether oxygens (including phenoxy) is 1. The molecule has 2 aliphatic heterocycles. The van der Waals surface area contributed by atoms with Gasteiger partial charge in [0, 0.05) is 25.7 Å². The first-order valence-corrected chi connectivity index (χ1v) is 13.6. The lowest BCUT2D eigenvalue weighted by Crippen LogP contribution is -2.45. The van der Waals surface area contributed by atoms with Gasteiger partial charge < -0.3 is 14.5 Å². The van der Waals surface area contributed by atoms with Gasteiger partial charge in [-0.1, -0.05) is 17.7 Å². The van der Waals surface area contributed by atoms with Gasteiger partial charge in [0.1, 0.15) is 17.6 Å². The van der Waals surface area contributed by atoms with Crippen LogP contribution in [0.25, 0.3) is 0 Å². The van der Waals surface area contributed by atoms with E-state index < -0.39 is 30.4 Å². The van der Waals surface area contributed by atoms with Crippen molar-refractivity contribution in [3.05, 3.63) is 47.0 Å². The van der Waals surface area contributed by atoms with Gasteiger partial charge in [-0.05, 0) is 67.9 Å². The second-order valence-electron chi connectivity index (χ2n) is 10.5. The molecule has 1 saturated carbocycles. The molecule has 3 heterocycles. The molecule has 206 valence electrons. The third-order valence-electron chi connectivity index (χ3n) is 8.09. The highest BCUT2D eigenvalue weighted by Gasteiger charge is 2.47. The Balaban J connectivity index is 1.04. The number of alkyl halides is 3. The number of amides is 1. The fourth-order valence-electron chi connectivity index (χ4n) is 5.94. The first kappa shape index (κ1) is 27.0. The molecular formula is C27H31ClF4N4O2. The molecule has 2 saturated heterocycles. The average molecular weight is 555 g/mol. The second-order valence-corrected chi connectivity index (χ2v) is 11.0. The molecule has 0 bridgehead atoms. The SMILES string of the molecule is O=C(Cc1ccc(OCCC2C[C@@H]2C2CCN(c3ncc(Cl)cn3)CC2)cc1F)N1CCC[C@@H]1C(F)(F)F. The predicted octanol–water partition coefficient (Wildman–Crippen LogP) is 5.69. The summed E-state index contributed by atoms with van der Waals surface area (Å²) in [5, 5.41) is 0.528. The van der Waals surface area contributed by atoms with E-state index in [-0.39, 0.29) is 18.5 Å². The number of rotatable bonds is 8. The van der Waals surface area contributed by atoms with Gasteiger partial charge in [-0.25, -0.2) is 14.4 Å². The van der Waals surface area contributed by atoms with Crippen molar-refractivity contribution in [1.29, 1.82) is 0 Å². The van der Waals surface area contributed by atoms with Crippen LogP contribution in [0.15, 0.2) is 30.6 Å². The van der Waals surface area contributed by atoms with Crippen LogP contribution in [0.1, 0.15) is 44.1 Å². The zero-order valence-corrected chi connectivity index (χ0v) is 21.7. The molecule has 11 heteroatoms. The summed E-state index contributed by atoms with van der Waals surface area (Å²) in [6, 6.07) is 2.44. The van der Waals surface area contributed by atoms with Gasteiger partial charge in [-0.15, -0.1) is 0 Å². The highest BCUT2D eigenvalue weighted by molar-refractivity contribution is 6.30. The van der Waals surface area contributed by atoms with Crippen LogP contribution >= 0.6 is 11.6 Å². The minimum atomic E-state index is -4.47. The molecule has 0 spiro atoms. The summed E-state index contributed by atoms with van der Waals surface area (Å²) < 4.78 is 59.8. The summed E-state index contributed by atoms with van der Waals surface area (Å²) in [5.74, 6) is 1.69. The van der Waals surface area contributed by atoms with Crippen molar-refractivity contribution in [1.82, 2.24) is 14.9 Å². The third-order valence-corrected chi connectivity index (χ3v) is 8.28. The Morgan fingerprint density at radius 2 is 1.84 bits per heavy atom. The molecule has 3 atom stereocenters. The van der Waals surface area contributed by atoms with Crippen molar-refractivity contribution in [3.63, 3.8) is 0 Å². The highest BCUT2D eigenvalue weighted by Crippen LogP contribution is 2.50. The molecule has 2 aromatic rings. The van der Waals surface area contributed by atoms with E-state index in [9.17, 15) is 22.4 Å². The largest absolute Gasteiger partial charge is 0.493 e. The lowest BCUT2D eigenvalue weighted by atomic mass is 9.90. The van der Waals surface area contributed by atoms with E-state index in [1.165, 1.54) is 18.6 Å². The highest BCUT2D eigenvalue weighted by atomic mass is 35.5. The zero-order valence-electron chi connectivity index (χ0n) is 21.0.